The molecule has 0 aromatic rings. The Morgan fingerprint density at radius 3 is 1.60 bits per heavy atom. The predicted molar refractivity (Wildman–Crippen MR) is 205 cm³/mol. The van der Waals surface area contributed by atoms with Crippen molar-refractivity contribution in [2.45, 2.75) is 109 Å². The monoisotopic (exact) mass is 677 g/mol. The van der Waals surface area contributed by atoms with Gasteiger partial charge in [0.25, 0.3) is 0 Å². The third-order valence-corrected chi connectivity index (χ3v) is 13.2. The molecule has 10 nitrogen and oxygen atoms in total. The van der Waals surface area contributed by atoms with Crippen LogP contribution in [-0.4, -0.2) is 221 Å². The average molecular weight is 677 g/mol. The van der Waals surface area contributed by atoms with Crippen molar-refractivity contribution in [3.8, 4) is 0 Å². The van der Waals surface area contributed by atoms with Gasteiger partial charge in [-0.1, -0.05) is 27.7 Å². The highest BCUT2D eigenvalue weighted by atomic mass is 15.3. The maximum atomic E-state index is 3.48. The van der Waals surface area contributed by atoms with Crippen LogP contribution in [0.25, 0.3) is 0 Å². The number of fused-ring (bicyclic) bond motifs is 6. The van der Waals surface area contributed by atoms with E-state index >= 15 is 0 Å². The summed E-state index contributed by atoms with van der Waals surface area (Å²) < 4.78 is 0. The number of nitrogens with zero attached hydrogens (tertiary/aromatic N) is 8. The number of rotatable bonds is 5. The Kier molecular flexibility index (Phi) is 17.3. The Labute approximate surface area is 297 Å². The zero-order valence-electron chi connectivity index (χ0n) is 33.2. The van der Waals surface area contributed by atoms with Gasteiger partial charge in [0.05, 0.1) is 0 Å². The van der Waals surface area contributed by atoms with Crippen LogP contribution in [0.2, 0.25) is 0 Å². The molecule has 8 aliphatic rings. The molecule has 8 saturated heterocycles. The van der Waals surface area contributed by atoms with Crippen LogP contribution in [0, 0.1) is 0 Å². The summed E-state index contributed by atoms with van der Waals surface area (Å²) in [6, 6.07) is 5.99. The SMILES string of the molecule is CCN1CC2CC1CN2.CCN1CC2CC1CN2C.CCN1CCCN(C)CC1.CCN1CCN(C)CC1.CNC1CC2CCC1N2C. The van der Waals surface area contributed by atoms with E-state index < -0.39 is 0 Å². The molecule has 8 aliphatic heterocycles. The largest absolute Gasteiger partial charge is 0.315 e. The van der Waals surface area contributed by atoms with E-state index in [1.165, 1.54) is 143 Å². The zero-order valence-corrected chi connectivity index (χ0v) is 33.2. The van der Waals surface area contributed by atoms with Crippen molar-refractivity contribution < 1.29 is 0 Å². The quantitative estimate of drug-likeness (QED) is 0.451. The second-order valence-corrected chi connectivity index (χ2v) is 16.1. The van der Waals surface area contributed by atoms with Crippen molar-refractivity contribution in [1.29, 1.82) is 0 Å². The van der Waals surface area contributed by atoms with Gasteiger partial charge in [-0.25, -0.2) is 0 Å². The molecular weight excluding hydrogens is 596 g/mol. The third kappa shape index (κ3) is 11.6. The summed E-state index contributed by atoms with van der Waals surface area (Å²) in [4.78, 5) is 20.0. The Balaban J connectivity index is 0.000000136. The van der Waals surface area contributed by atoms with Gasteiger partial charge in [0.1, 0.15) is 0 Å². The molecule has 0 radical (unpaired) electrons. The third-order valence-electron chi connectivity index (χ3n) is 13.2. The maximum Gasteiger partial charge on any atom is 0.0250 e. The number of hydrogen-bond donors (Lipinski definition) is 2. The molecule has 7 unspecified atom stereocenters. The molecule has 8 fully saturated rings. The van der Waals surface area contributed by atoms with Crippen LogP contribution in [0.1, 0.15) is 66.2 Å². The molecule has 0 spiro atoms. The number of likely N-dealkylation sites (N-methyl/N-ethyl adjacent to an activating group) is 9. The first-order valence-electron chi connectivity index (χ1n) is 20.3. The van der Waals surface area contributed by atoms with Crippen LogP contribution in [0.3, 0.4) is 0 Å². The molecule has 0 aromatic heterocycles. The Bertz CT molecular complexity index is 868. The summed E-state index contributed by atoms with van der Waals surface area (Å²) in [5.41, 5.74) is 0. The van der Waals surface area contributed by atoms with Crippen molar-refractivity contribution in [2.24, 2.45) is 0 Å². The maximum absolute atomic E-state index is 3.48. The van der Waals surface area contributed by atoms with Crippen molar-refractivity contribution in [3.63, 3.8) is 0 Å². The minimum Gasteiger partial charge on any atom is -0.315 e. The molecule has 6 bridgehead atoms. The van der Waals surface area contributed by atoms with Gasteiger partial charge in [-0.15, -0.1) is 0 Å². The highest BCUT2D eigenvalue weighted by Gasteiger charge is 2.43. The zero-order chi connectivity index (χ0) is 34.6. The molecule has 10 heteroatoms. The van der Waals surface area contributed by atoms with Gasteiger partial charge >= 0.3 is 0 Å². The first kappa shape index (κ1) is 40.4. The minimum atomic E-state index is 0.781. The van der Waals surface area contributed by atoms with E-state index in [9.17, 15) is 0 Å². The van der Waals surface area contributed by atoms with E-state index in [1.54, 1.807) is 0 Å². The molecule has 2 N–H and O–H groups in total. The lowest BCUT2D eigenvalue weighted by molar-refractivity contribution is 0.155. The second-order valence-electron chi connectivity index (χ2n) is 16.1. The highest BCUT2D eigenvalue weighted by Crippen LogP contribution is 2.35. The van der Waals surface area contributed by atoms with E-state index in [4.69, 9.17) is 0 Å². The lowest BCUT2D eigenvalue weighted by Gasteiger charge is -2.31. The summed E-state index contributed by atoms with van der Waals surface area (Å²) >= 11 is 0. The van der Waals surface area contributed by atoms with E-state index in [1.807, 2.05) is 0 Å². The van der Waals surface area contributed by atoms with Gasteiger partial charge in [-0.05, 0) is 113 Å². The van der Waals surface area contributed by atoms with Crippen molar-refractivity contribution in [3.05, 3.63) is 0 Å². The van der Waals surface area contributed by atoms with Crippen LogP contribution in [-0.2, 0) is 0 Å². The molecule has 282 valence electrons. The summed E-state index contributed by atoms with van der Waals surface area (Å²) in [5, 5.41) is 6.86. The lowest BCUT2D eigenvalue weighted by atomic mass is 9.96. The summed E-state index contributed by atoms with van der Waals surface area (Å²) in [6.45, 7) is 29.1. The van der Waals surface area contributed by atoms with Crippen LogP contribution in [0.4, 0.5) is 0 Å². The number of likely N-dealkylation sites (tertiary alicyclic amines) is 3. The van der Waals surface area contributed by atoms with Gasteiger partial charge in [0, 0.05) is 108 Å². The Morgan fingerprint density at radius 2 is 1.21 bits per heavy atom. The fraction of sp³-hybridized carbons (Fsp3) is 1.00. The van der Waals surface area contributed by atoms with Gasteiger partial charge < -0.3 is 35.1 Å². The van der Waals surface area contributed by atoms with Crippen LogP contribution in [0.15, 0.2) is 0 Å². The van der Waals surface area contributed by atoms with Gasteiger partial charge in [-0.2, -0.15) is 0 Å². The van der Waals surface area contributed by atoms with E-state index in [0.717, 1.165) is 42.3 Å². The fourth-order valence-corrected chi connectivity index (χ4v) is 9.52. The summed E-state index contributed by atoms with van der Waals surface area (Å²) in [5.74, 6) is 0. The van der Waals surface area contributed by atoms with Crippen LogP contribution < -0.4 is 10.6 Å². The van der Waals surface area contributed by atoms with Gasteiger partial charge in [0.2, 0.25) is 0 Å². The van der Waals surface area contributed by atoms with Crippen molar-refractivity contribution >= 4 is 0 Å². The lowest BCUT2D eigenvalue weighted by Crippen LogP contribution is -2.44. The smallest absolute Gasteiger partial charge is 0.0250 e. The highest BCUT2D eigenvalue weighted by molar-refractivity contribution is 5.02. The fourth-order valence-electron chi connectivity index (χ4n) is 9.52. The van der Waals surface area contributed by atoms with Crippen LogP contribution in [0.5, 0.6) is 0 Å². The predicted octanol–water partition coefficient (Wildman–Crippen LogP) is 1.79. The molecule has 48 heavy (non-hydrogen) atoms. The summed E-state index contributed by atoms with van der Waals surface area (Å²) in [7, 11) is 11.0. The molecule has 0 aromatic carbocycles. The second kappa shape index (κ2) is 20.6. The van der Waals surface area contributed by atoms with Crippen LogP contribution >= 0.6 is 0 Å². The molecule has 7 atom stereocenters. The van der Waals surface area contributed by atoms with E-state index in [2.05, 4.69) is 113 Å². The molecule has 0 aliphatic carbocycles. The first-order chi connectivity index (χ1) is 23.2. The Morgan fingerprint density at radius 1 is 0.583 bits per heavy atom. The molecule has 8 heterocycles. The molecule has 8 rings (SSSR count). The van der Waals surface area contributed by atoms with Crippen molar-refractivity contribution in [1.82, 2.24) is 49.8 Å². The van der Waals surface area contributed by atoms with Crippen molar-refractivity contribution in [2.75, 3.05) is 140 Å². The minimum absolute atomic E-state index is 0.781. The molecular formula is C38H80N10. The standard InChI is InChI=1S/2C8H16N2.C8H18N2.C7H14N2.C7H16N2/c1-9-7-5-6-3-4-8(7)10(6)2;1-3-10-6-7-4-8(10)5-9(7)2;1-3-10-6-4-5-9(2)7-8-10;1-2-9-5-6-3-7(9)4-8-6;1-3-9-6-4-8(2)5-7-9/h6-9H,3-5H2,1-2H3;7-8H,3-6H2,1-2H3;3-8H2,1-2H3;6-8H,2-5H2,1H3;3-7H2,1-2H3. The number of hydrogen-bond acceptors (Lipinski definition) is 10. The first-order valence-corrected chi connectivity index (χ1v) is 20.3. The van der Waals surface area contributed by atoms with E-state index in [-0.39, 0.29) is 0 Å². The normalized spacial score (nSPS) is 36.1. The van der Waals surface area contributed by atoms with Gasteiger partial charge in [0.15, 0.2) is 0 Å². The topological polar surface area (TPSA) is 50.0 Å². The number of piperazine rings is 3. The molecule has 0 saturated carbocycles. The van der Waals surface area contributed by atoms with E-state index in [0.29, 0.717) is 0 Å². The Hall–Kier alpha value is -0.400. The summed E-state index contributed by atoms with van der Waals surface area (Å²) in [6.07, 6.45) is 8.37. The van der Waals surface area contributed by atoms with Gasteiger partial charge in [-0.3, -0.25) is 14.7 Å². The number of nitrogens with one attached hydrogen (secondary N) is 2. The average Bonchev–Trinajstić information content (AvgIpc) is 3.98. The molecule has 0 amide bonds.